The quantitative estimate of drug-likeness (QED) is 0.905. The summed E-state index contributed by atoms with van der Waals surface area (Å²) in [5.74, 6) is 0.770. The van der Waals surface area contributed by atoms with Crippen LogP contribution in [-0.2, 0) is 7.05 Å². The number of carbonyl (C=O) groups excluding carboxylic acids is 1. The number of nitrogens with two attached hydrogens (primary N) is 1. The average molecular weight is 325 g/mol. The topological polar surface area (TPSA) is 82.2 Å². The predicted molar refractivity (Wildman–Crippen MR) is 76.3 cm³/mol. The summed E-state index contributed by atoms with van der Waals surface area (Å²) >= 11 is 3.33. The number of carbonyl (C=O) groups is 1. The van der Waals surface area contributed by atoms with Crippen molar-refractivity contribution in [3.63, 3.8) is 0 Å². The van der Waals surface area contributed by atoms with Gasteiger partial charge in [0.2, 0.25) is 0 Å². The molecular weight excluding hydrogens is 312 g/mol. The fourth-order valence-electron chi connectivity index (χ4n) is 1.59. The number of hydrogen-bond donors (Lipinski definition) is 2. The number of aromatic nitrogens is 2. The van der Waals surface area contributed by atoms with E-state index in [0.29, 0.717) is 27.3 Å². The van der Waals surface area contributed by atoms with Crippen LogP contribution in [0.5, 0.6) is 5.75 Å². The van der Waals surface area contributed by atoms with Crippen molar-refractivity contribution in [2.75, 3.05) is 18.2 Å². The number of benzene rings is 1. The molecule has 0 radical (unpaired) electrons. The van der Waals surface area contributed by atoms with E-state index in [2.05, 4.69) is 26.3 Å². The fourth-order valence-corrected chi connectivity index (χ4v) is 2.01. The fraction of sp³-hybridized carbons (Fsp3) is 0.167. The smallest absolute Gasteiger partial charge is 0.258 e. The van der Waals surface area contributed by atoms with Gasteiger partial charge in [0.1, 0.15) is 5.75 Å². The van der Waals surface area contributed by atoms with E-state index in [1.807, 2.05) is 0 Å². The second-order valence-corrected chi connectivity index (χ2v) is 4.73. The van der Waals surface area contributed by atoms with Crippen LogP contribution in [0.1, 0.15) is 10.4 Å². The molecule has 3 N–H and O–H groups in total. The van der Waals surface area contributed by atoms with Crippen molar-refractivity contribution in [1.29, 1.82) is 0 Å². The monoisotopic (exact) mass is 324 g/mol. The highest BCUT2D eigenvalue weighted by Crippen LogP contribution is 2.24. The molecule has 100 valence electrons. The minimum absolute atomic E-state index is 0.291. The number of nitrogen functional groups attached to an aromatic ring is 1. The van der Waals surface area contributed by atoms with E-state index in [1.54, 1.807) is 32.4 Å². The molecule has 0 fully saturated rings. The molecular formula is C12H13BrN4O2. The molecule has 1 amide bonds. The van der Waals surface area contributed by atoms with Gasteiger partial charge in [-0.25, -0.2) is 0 Å². The molecule has 0 atom stereocenters. The number of rotatable bonds is 3. The Balaban J connectivity index is 2.30. The summed E-state index contributed by atoms with van der Waals surface area (Å²) in [5, 5.41) is 6.68. The predicted octanol–water partition coefficient (Wildman–Crippen LogP) is 2.03. The van der Waals surface area contributed by atoms with Crippen molar-refractivity contribution in [2.45, 2.75) is 0 Å². The number of aryl methyl sites for hydroxylation is 1. The van der Waals surface area contributed by atoms with Gasteiger partial charge >= 0.3 is 0 Å². The lowest BCUT2D eigenvalue weighted by Crippen LogP contribution is -2.16. The highest BCUT2D eigenvalue weighted by molar-refractivity contribution is 9.10. The number of ether oxygens (including phenoxy) is 1. The Hall–Kier alpha value is -2.02. The molecule has 1 heterocycles. The average Bonchev–Trinajstić information content (AvgIpc) is 2.71. The maximum absolute atomic E-state index is 12.2. The Kier molecular flexibility index (Phi) is 3.75. The van der Waals surface area contributed by atoms with Crippen LogP contribution in [0.25, 0.3) is 0 Å². The highest BCUT2D eigenvalue weighted by atomic mass is 79.9. The van der Waals surface area contributed by atoms with Crippen LogP contribution in [0.15, 0.2) is 28.9 Å². The number of nitrogens with zero attached hydrogens (tertiary/aromatic N) is 2. The number of hydrogen-bond acceptors (Lipinski definition) is 4. The van der Waals surface area contributed by atoms with Gasteiger partial charge in [-0.3, -0.25) is 9.48 Å². The van der Waals surface area contributed by atoms with E-state index < -0.39 is 0 Å². The summed E-state index contributed by atoms with van der Waals surface area (Å²) in [4.78, 5) is 12.2. The zero-order valence-electron chi connectivity index (χ0n) is 10.5. The van der Waals surface area contributed by atoms with Crippen LogP contribution in [0.4, 0.5) is 11.5 Å². The number of methoxy groups -OCH3 is 1. The molecule has 7 heteroatoms. The number of amides is 1. The van der Waals surface area contributed by atoms with Crippen LogP contribution in [0.2, 0.25) is 0 Å². The van der Waals surface area contributed by atoms with Crippen LogP contribution in [-0.4, -0.2) is 22.8 Å². The Morgan fingerprint density at radius 1 is 1.53 bits per heavy atom. The molecule has 0 aliphatic carbocycles. The van der Waals surface area contributed by atoms with E-state index in [1.165, 1.54) is 10.9 Å². The first kappa shape index (κ1) is 13.4. The van der Waals surface area contributed by atoms with E-state index in [4.69, 9.17) is 10.5 Å². The molecule has 0 spiro atoms. The Morgan fingerprint density at radius 3 is 2.84 bits per heavy atom. The van der Waals surface area contributed by atoms with Crippen molar-refractivity contribution in [1.82, 2.24) is 9.78 Å². The highest BCUT2D eigenvalue weighted by Gasteiger charge is 2.15. The van der Waals surface area contributed by atoms with Crippen molar-refractivity contribution in [2.24, 2.45) is 7.05 Å². The van der Waals surface area contributed by atoms with Gasteiger partial charge < -0.3 is 15.8 Å². The van der Waals surface area contributed by atoms with Crippen LogP contribution in [0.3, 0.4) is 0 Å². The molecule has 0 aliphatic heterocycles. The molecule has 0 aliphatic rings. The largest absolute Gasteiger partial charge is 0.497 e. The van der Waals surface area contributed by atoms with Crippen LogP contribution < -0.4 is 15.8 Å². The third-order valence-electron chi connectivity index (χ3n) is 2.62. The van der Waals surface area contributed by atoms with Gasteiger partial charge in [0.15, 0.2) is 5.82 Å². The second kappa shape index (κ2) is 5.31. The van der Waals surface area contributed by atoms with Crippen LogP contribution in [0, 0.1) is 0 Å². The molecule has 19 heavy (non-hydrogen) atoms. The number of anilines is 2. The lowest BCUT2D eigenvalue weighted by molar-refractivity contribution is 0.102. The molecule has 2 rings (SSSR count). The summed E-state index contributed by atoms with van der Waals surface area (Å²) in [6.07, 6.45) is 1.48. The van der Waals surface area contributed by atoms with Gasteiger partial charge in [0.05, 0.1) is 24.6 Å². The van der Waals surface area contributed by atoms with E-state index in [-0.39, 0.29) is 5.91 Å². The van der Waals surface area contributed by atoms with Gasteiger partial charge in [-0.1, -0.05) is 0 Å². The summed E-state index contributed by atoms with van der Waals surface area (Å²) < 4.78 is 7.27. The second-order valence-electron chi connectivity index (χ2n) is 3.87. The third kappa shape index (κ3) is 2.70. The SMILES string of the molecule is COc1ccc(Br)c(C(=O)Nc2c(N)cnn2C)c1. The molecule has 0 saturated heterocycles. The van der Waals surface area contributed by atoms with Gasteiger partial charge in [-0.15, -0.1) is 0 Å². The maximum Gasteiger partial charge on any atom is 0.258 e. The first-order valence-electron chi connectivity index (χ1n) is 5.45. The first-order chi connectivity index (χ1) is 9.02. The standard InChI is InChI=1S/C12H13BrN4O2/c1-17-11(10(14)6-15-17)16-12(18)8-5-7(19-2)3-4-9(8)13/h3-6H,14H2,1-2H3,(H,16,18). The number of nitrogens with one attached hydrogen (secondary N) is 1. The molecule has 6 nitrogen and oxygen atoms in total. The zero-order chi connectivity index (χ0) is 14.0. The van der Waals surface area contributed by atoms with E-state index in [9.17, 15) is 4.79 Å². The third-order valence-corrected chi connectivity index (χ3v) is 3.31. The van der Waals surface area contributed by atoms with Gasteiger partial charge in [0.25, 0.3) is 5.91 Å². The van der Waals surface area contributed by atoms with Gasteiger partial charge in [-0.2, -0.15) is 5.10 Å². The number of halogens is 1. The molecule has 0 unspecified atom stereocenters. The Morgan fingerprint density at radius 2 is 2.26 bits per heavy atom. The van der Waals surface area contributed by atoms with Crippen molar-refractivity contribution in [3.8, 4) is 5.75 Å². The Bertz CT molecular complexity index is 605. The van der Waals surface area contributed by atoms with Crippen molar-refractivity contribution in [3.05, 3.63) is 34.4 Å². The molecule has 1 aromatic carbocycles. The summed E-state index contributed by atoms with van der Waals surface area (Å²) in [6.45, 7) is 0. The van der Waals surface area contributed by atoms with Gasteiger partial charge in [-0.05, 0) is 34.1 Å². The van der Waals surface area contributed by atoms with Gasteiger partial charge in [0, 0.05) is 11.5 Å². The normalized spacial score (nSPS) is 10.3. The first-order valence-corrected chi connectivity index (χ1v) is 6.24. The summed E-state index contributed by atoms with van der Waals surface area (Å²) in [5.41, 5.74) is 6.60. The lowest BCUT2D eigenvalue weighted by Gasteiger charge is -2.09. The zero-order valence-corrected chi connectivity index (χ0v) is 12.1. The van der Waals surface area contributed by atoms with Crippen molar-refractivity contribution >= 4 is 33.3 Å². The molecule has 0 saturated carbocycles. The summed E-state index contributed by atoms with van der Waals surface area (Å²) in [7, 11) is 3.25. The molecule has 0 bridgehead atoms. The Labute approximate surface area is 118 Å². The minimum Gasteiger partial charge on any atom is -0.497 e. The maximum atomic E-state index is 12.2. The minimum atomic E-state index is -0.291. The van der Waals surface area contributed by atoms with E-state index in [0.717, 1.165) is 0 Å². The van der Waals surface area contributed by atoms with Crippen molar-refractivity contribution < 1.29 is 9.53 Å². The van der Waals surface area contributed by atoms with Crippen LogP contribution >= 0.6 is 15.9 Å². The summed E-state index contributed by atoms with van der Waals surface area (Å²) in [6, 6.07) is 5.16. The molecule has 1 aromatic heterocycles. The molecule has 2 aromatic rings. The lowest BCUT2D eigenvalue weighted by atomic mass is 10.2. The van der Waals surface area contributed by atoms with E-state index >= 15 is 0 Å².